The van der Waals surface area contributed by atoms with Crippen molar-refractivity contribution in [2.75, 3.05) is 13.1 Å². The number of carbonyl (C=O) groups excluding carboxylic acids is 1. The SMILES string of the molecule is O=C(c1cn[nH]c1-c1ccccc1Cl)N1CCC1. The van der Waals surface area contributed by atoms with E-state index in [9.17, 15) is 4.79 Å². The highest BCUT2D eigenvalue weighted by molar-refractivity contribution is 6.33. The zero-order valence-corrected chi connectivity index (χ0v) is 10.4. The average molecular weight is 262 g/mol. The third-order valence-electron chi connectivity index (χ3n) is 3.16. The Balaban J connectivity index is 2.01. The molecule has 3 rings (SSSR count). The molecule has 4 nitrogen and oxygen atoms in total. The standard InChI is InChI=1S/C13H12ClN3O/c14-11-5-2-1-4-9(11)12-10(8-15-16-12)13(18)17-6-3-7-17/h1-2,4-5,8H,3,6-7H2,(H,15,16). The van der Waals surface area contributed by atoms with Crippen molar-refractivity contribution in [3.05, 3.63) is 41.0 Å². The van der Waals surface area contributed by atoms with Crippen LogP contribution in [0.15, 0.2) is 30.5 Å². The summed E-state index contributed by atoms with van der Waals surface area (Å²) in [5.74, 6) is 0.0184. The van der Waals surface area contributed by atoms with Gasteiger partial charge in [0.05, 0.1) is 17.5 Å². The van der Waals surface area contributed by atoms with Crippen LogP contribution < -0.4 is 0 Å². The van der Waals surface area contributed by atoms with E-state index in [1.807, 2.05) is 23.1 Å². The second-order valence-corrected chi connectivity index (χ2v) is 4.69. The lowest BCUT2D eigenvalue weighted by atomic mass is 10.1. The maximum atomic E-state index is 12.2. The maximum absolute atomic E-state index is 12.2. The summed E-state index contributed by atoms with van der Waals surface area (Å²) in [7, 11) is 0. The summed E-state index contributed by atoms with van der Waals surface area (Å²) in [6, 6.07) is 7.43. The van der Waals surface area contributed by atoms with Crippen LogP contribution in [0.3, 0.4) is 0 Å². The fourth-order valence-corrected chi connectivity index (χ4v) is 2.24. The van der Waals surface area contributed by atoms with Crippen LogP contribution in [0.5, 0.6) is 0 Å². The molecule has 1 amide bonds. The van der Waals surface area contributed by atoms with E-state index in [-0.39, 0.29) is 5.91 Å². The lowest BCUT2D eigenvalue weighted by molar-refractivity contribution is 0.0652. The number of hydrogen-bond donors (Lipinski definition) is 1. The van der Waals surface area contributed by atoms with Crippen LogP contribution in [0.4, 0.5) is 0 Å². The van der Waals surface area contributed by atoms with Crippen LogP contribution in [0.25, 0.3) is 11.3 Å². The summed E-state index contributed by atoms with van der Waals surface area (Å²) in [5, 5.41) is 7.45. The van der Waals surface area contributed by atoms with E-state index in [2.05, 4.69) is 10.2 Å². The van der Waals surface area contributed by atoms with E-state index in [0.29, 0.717) is 16.3 Å². The van der Waals surface area contributed by atoms with Crippen LogP contribution >= 0.6 is 11.6 Å². The van der Waals surface area contributed by atoms with Crippen molar-refractivity contribution in [3.63, 3.8) is 0 Å². The molecule has 2 aromatic rings. The molecule has 1 saturated heterocycles. The molecular weight excluding hydrogens is 250 g/mol. The molecule has 1 aromatic heterocycles. The molecule has 0 spiro atoms. The number of nitrogens with zero attached hydrogens (tertiary/aromatic N) is 2. The number of benzene rings is 1. The van der Waals surface area contributed by atoms with Crippen LogP contribution in [0.1, 0.15) is 16.8 Å². The second-order valence-electron chi connectivity index (χ2n) is 4.28. The first-order chi connectivity index (χ1) is 8.77. The van der Waals surface area contributed by atoms with Gasteiger partial charge in [0.1, 0.15) is 0 Å². The van der Waals surface area contributed by atoms with Gasteiger partial charge in [0.2, 0.25) is 0 Å². The molecule has 0 unspecified atom stereocenters. The minimum atomic E-state index is 0.0184. The number of aromatic nitrogens is 2. The van der Waals surface area contributed by atoms with E-state index < -0.39 is 0 Å². The van der Waals surface area contributed by atoms with Crippen molar-refractivity contribution in [1.82, 2.24) is 15.1 Å². The van der Waals surface area contributed by atoms with Crippen LogP contribution in [0, 0.1) is 0 Å². The van der Waals surface area contributed by atoms with E-state index in [4.69, 9.17) is 11.6 Å². The molecule has 18 heavy (non-hydrogen) atoms. The van der Waals surface area contributed by atoms with Gasteiger partial charge in [0.25, 0.3) is 5.91 Å². The third-order valence-corrected chi connectivity index (χ3v) is 3.49. The molecule has 92 valence electrons. The van der Waals surface area contributed by atoms with Crippen molar-refractivity contribution >= 4 is 17.5 Å². The van der Waals surface area contributed by atoms with Gasteiger partial charge in [-0.05, 0) is 12.5 Å². The second kappa shape index (κ2) is 4.46. The van der Waals surface area contributed by atoms with E-state index in [1.54, 1.807) is 12.3 Å². The van der Waals surface area contributed by atoms with Gasteiger partial charge in [-0.1, -0.05) is 29.8 Å². The molecule has 0 radical (unpaired) electrons. The Kier molecular flexibility index (Phi) is 2.80. The van der Waals surface area contributed by atoms with Gasteiger partial charge in [0, 0.05) is 23.7 Å². The molecule has 1 aromatic carbocycles. The highest BCUT2D eigenvalue weighted by Gasteiger charge is 2.25. The predicted octanol–water partition coefficient (Wildman–Crippen LogP) is 2.58. The summed E-state index contributed by atoms with van der Waals surface area (Å²) < 4.78 is 0. The van der Waals surface area contributed by atoms with Crippen molar-refractivity contribution in [2.24, 2.45) is 0 Å². The lowest BCUT2D eigenvalue weighted by Crippen LogP contribution is -2.42. The van der Waals surface area contributed by atoms with Gasteiger partial charge in [-0.25, -0.2) is 0 Å². The Morgan fingerprint density at radius 1 is 1.33 bits per heavy atom. The van der Waals surface area contributed by atoms with Crippen LogP contribution in [-0.4, -0.2) is 34.1 Å². The minimum Gasteiger partial charge on any atom is -0.338 e. The summed E-state index contributed by atoms with van der Waals surface area (Å²) >= 11 is 6.15. The smallest absolute Gasteiger partial charge is 0.257 e. The van der Waals surface area contributed by atoms with Gasteiger partial charge in [0.15, 0.2) is 0 Å². The van der Waals surface area contributed by atoms with E-state index in [1.165, 1.54) is 0 Å². The molecule has 1 aliphatic rings. The average Bonchev–Trinajstić information content (AvgIpc) is 2.76. The normalized spacial score (nSPS) is 14.4. The number of aromatic amines is 1. The molecule has 0 atom stereocenters. The number of hydrogen-bond acceptors (Lipinski definition) is 2. The fourth-order valence-electron chi connectivity index (χ4n) is 2.01. The number of likely N-dealkylation sites (tertiary alicyclic amines) is 1. The zero-order valence-electron chi connectivity index (χ0n) is 9.69. The van der Waals surface area contributed by atoms with Gasteiger partial charge in [-0.15, -0.1) is 0 Å². The van der Waals surface area contributed by atoms with Crippen molar-refractivity contribution in [1.29, 1.82) is 0 Å². The minimum absolute atomic E-state index is 0.0184. The monoisotopic (exact) mass is 261 g/mol. The number of rotatable bonds is 2. The molecule has 1 aliphatic heterocycles. The molecule has 2 heterocycles. The quantitative estimate of drug-likeness (QED) is 0.903. The molecule has 0 saturated carbocycles. The number of H-pyrrole nitrogens is 1. The Labute approximate surface area is 110 Å². The van der Waals surface area contributed by atoms with Crippen LogP contribution in [-0.2, 0) is 0 Å². The highest BCUT2D eigenvalue weighted by Crippen LogP contribution is 2.29. The van der Waals surface area contributed by atoms with Crippen LogP contribution in [0.2, 0.25) is 5.02 Å². The summed E-state index contributed by atoms with van der Waals surface area (Å²) in [5.41, 5.74) is 2.08. The van der Waals surface area contributed by atoms with Crippen molar-refractivity contribution < 1.29 is 4.79 Å². The van der Waals surface area contributed by atoms with E-state index >= 15 is 0 Å². The van der Waals surface area contributed by atoms with Crippen molar-refractivity contribution in [2.45, 2.75) is 6.42 Å². The summed E-state index contributed by atoms with van der Waals surface area (Å²) in [4.78, 5) is 14.0. The highest BCUT2D eigenvalue weighted by atomic mass is 35.5. The third kappa shape index (κ3) is 1.78. The number of carbonyl (C=O) groups is 1. The largest absolute Gasteiger partial charge is 0.338 e. The molecule has 0 aliphatic carbocycles. The molecule has 0 bridgehead atoms. The van der Waals surface area contributed by atoms with E-state index in [0.717, 1.165) is 25.1 Å². The van der Waals surface area contributed by atoms with Gasteiger partial charge < -0.3 is 4.90 Å². The molecule has 1 fully saturated rings. The molecule has 1 N–H and O–H groups in total. The Bertz CT molecular complexity index is 589. The van der Waals surface area contributed by atoms with Gasteiger partial charge in [-0.2, -0.15) is 5.10 Å². The molecular formula is C13H12ClN3O. The number of nitrogens with one attached hydrogen (secondary N) is 1. The topological polar surface area (TPSA) is 49.0 Å². The Morgan fingerprint density at radius 2 is 2.11 bits per heavy atom. The Morgan fingerprint density at radius 3 is 2.78 bits per heavy atom. The number of halogens is 1. The summed E-state index contributed by atoms with van der Waals surface area (Å²) in [6.07, 6.45) is 2.64. The zero-order chi connectivity index (χ0) is 12.5. The van der Waals surface area contributed by atoms with Gasteiger partial charge >= 0.3 is 0 Å². The van der Waals surface area contributed by atoms with Crippen molar-refractivity contribution in [3.8, 4) is 11.3 Å². The first kappa shape index (κ1) is 11.3. The molecule has 5 heteroatoms. The maximum Gasteiger partial charge on any atom is 0.257 e. The fraction of sp³-hybridized carbons (Fsp3) is 0.231. The predicted molar refractivity (Wildman–Crippen MR) is 69.6 cm³/mol. The first-order valence-corrected chi connectivity index (χ1v) is 6.22. The Hall–Kier alpha value is -1.81. The number of amides is 1. The lowest BCUT2D eigenvalue weighted by Gasteiger charge is -2.30. The summed E-state index contributed by atoms with van der Waals surface area (Å²) in [6.45, 7) is 1.65. The van der Waals surface area contributed by atoms with Gasteiger partial charge in [-0.3, -0.25) is 9.89 Å². The first-order valence-electron chi connectivity index (χ1n) is 5.85.